The minimum Gasteiger partial charge on any atom is -0.509 e. The molecule has 188 valence electrons. The topological polar surface area (TPSA) is 60.7 Å². The van der Waals surface area contributed by atoms with E-state index in [2.05, 4.69) is 47.8 Å². The van der Waals surface area contributed by atoms with Gasteiger partial charge in [0.1, 0.15) is 17.3 Å². The zero-order chi connectivity index (χ0) is 25.9. The predicted octanol–water partition coefficient (Wildman–Crippen LogP) is 9.56. The van der Waals surface area contributed by atoms with Gasteiger partial charge in [-0.3, -0.25) is 0 Å². The molecule has 0 saturated carbocycles. The van der Waals surface area contributed by atoms with E-state index in [0.29, 0.717) is 23.3 Å². The van der Waals surface area contributed by atoms with Gasteiger partial charge < -0.3 is 15.3 Å². The lowest BCUT2D eigenvalue weighted by atomic mass is 10.0. The van der Waals surface area contributed by atoms with Crippen molar-refractivity contribution in [2.45, 2.75) is 85.0 Å². The number of phenolic OH excluding ortho intramolecular Hbond substituents is 2. The molecule has 0 heterocycles. The van der Waals surface area contributed by atoms with Crippen LogP contribution in [-0.4, -0.2) is 15.3 Å². The molecule has 3 N–H and O–H groups in total. The van der Waals surface area contributed by atoms with Crippen molar-refractivity contribution in [2.75, 3.05) is 0 Å². The van der Waals surface area contributed by atoms with E-state index in [-0.39, 0.29) is 5.76 Å². The Balaban J connectivity index is 0.000000489. The fraction of sp³-hybridized carbons (Fsp3) is 0.419. The number of unbranched alkanes of at least 4 members (excludes halogenated alkanes) is 4. The van der Waals surface area contributed by atoms with Gasteiger partial charge in [0.25, 0.3) is 0 Å². The van der Waals surface area contributed by atoms with Crippen molar-refractivity contribution in [2.24, 2.45) is 0 Å². The second-order valence-corrected chi connectivity index (χ2v) is 9.11. The number of benzene rings is 2. The van der Waals surface area contributed by atoms with E-state index in [1.165, 1.54) is 37.7 Å². The van der Waals surface area contributed by atoms with Crippen LogP contribution in [0.5, 0.6) is 11.5 Å². The van der Waals surface area contributed by atoms with Gasteiger partial charge in [-0.15, -0.1) is 0 Å². The summed E-state index contributed by atoms with van der Waals surface area (Å²) in [6.07, 6.45) is 10.9. The first-order chi connectivity index (χ1) is 16.1. The third-order valence-electron chi connectivity index (χ3n) is 5.23. The Morgan fingerprint density at radius 1 is 0.794 bits per heavy atom. The summed E-state index contributed by atoms with van der Waals surface area (Å²) in [5.74, 6) is 1.78. The molecule has 0 amide bonds. The Bertz CT molecular complexity index is 845. The molecule has 0 radical (unpaired) electrons. The number of allylic oxidation sites excluding steroid dienone is 3. The fourth-order valence-corrected chi connectivity index (χ4v) is 3.09. The molecule has 3 nitrogen and oxygen atoms in total. The lowest BCUT2D eigenvalue weighted by Gasteiger charge is -2.05. The minimum absolute atomic E-state index is 0.0946. The summed E-state index contributed by atoms with van der Waals surface area (Å²) in [7, 11) is 0. The quantitative estimate of drug-likeness (QED) is 0.185. The van der Waals surface area contributed by atoms with Crippen LogP contribution in [0.1, 0.15) is 96.1 Å². The summed E-state index contributed by atoms with van der Waals surface area (Å²) >= 11 is 0. The Morgan fingerprint density at radius 3 is 1.85 bits per heavy atom. The molecule has 0 bridgehead atoms. The molecule has 0 fully saturated rings. The van der Waals surface area contributed by atoms with Crippen molar-refractivity contribution < 1.29 is 15.3 Å². The number of phenols is 2. The molecule has 34 heavy (non-hydrogen) atoms. The van der Waals surface area contributed by atoms with Gasteiger partial charge >= 0.3 is 0 Å². The molecule has 0 aliphatic heterocycles. The normalized spacial score (nSPS) is 10.4. The number of aliphatic hydroxyl groups is 1. The molecule has 0 spiro atoms. The van der Waals surface area contributed by atoms with Crippen molar-refractivity contribution in [1.82, 2.24) is 0 Å². The van der Waals surface area contributed by atoms with Crippen LogP contribution in [0.4, 0.5) is 0 Å². The van der Waals surface area contributed by atoms with Crippen LogP contribution < -0.4 is 0 Å². The SMILES string of the molecule is C=C(O)/C=C\C(=C)CCCCCCC.CC(C)c1ccc(O)cc1.CC(C)c1ccccc1O. The first-order valence-corrected chi connectivity index (χ1v) is 12.4. The van der Waals surface area contributed by atoms with E-state index >= 15 is 0 Å². The first-order valence-electron chi connectivity index (χ1n) is 12.4. The van der Waals surface area contributed by atoms with Gasteiger partial charge in [0.2, 0.25) is 0 Å². The number of para-hydroxylation sites is 1. The molecule has 2 aromatic carbocycles. The average Bonchev–Trinajstić information content (AvgIpc) is 2.79. The maximum absolute atomic E-state index is 9.28. The number of aromatic hydroxyl groups is 2. The van der Waals surface area contributed by atoms with Crippen LogP contribution in [-0.2, 0) is 0 Å². The maximum atomic E-state index is 9.28. The summed E-state index contributed by atoms with van der Waals surface area (Å²) in [5, 5.41) is 27.0. The largest absolute Gasteiger partial charge is 0.509 e. The molecule has 0 aliphatic carbocycles. The molecule has 2 rings (SSSR count). The highest BCUT2D eigenvalue weighted by molar-refractivity contribution is 5.33. The monoisotopic (exact) mass is 466 g/mol. The minimum atomic E-state index is 0.0946. The van der Waals surface area contributed by atoms with Crippen molar-refractivity contribution in [3.63, 3.8) is 0 Å². The molecule has 0 aromatic heterocycles. The Hall–Kier alpha value is -2.94. The molecular weight excluding hydrogens is 420 g/mol. The predicted molar refractivity (Wildman–Crippen MR) is 148 cm³/mol. The van der Waals surface area contributed by atoms with Gasteiger partial charge in [0.05, 0.1) is 0 Å². The Morgan fingerprint density at radius 2 is 1.38 bits per heavy atom. The Kier molecular flexibility index (Phi) is 16.9. The van der Waals surface area contributed by atoms with E-state index in [4.69, 9.17) is 10.2 Å². The van der Waals surface area contributed by atoms with Crippen LogP contribution >= 0.6 is 0 Å². The number of rotatable bonds is 10. The summed E-state index contributed by atoms with van der Waals surface area (Å²) < 4.78 is 0. The highest BCUT2D eigenvalue weighted by Crippen LogP contribution is 2.23. The fourth-order valence-electron chi connectivity index (χ4n) is 3.09. The van der Waals surface area contributed by atoms with Gasteiger partial charge in [0, 0.05) is 0 Å². The number of hydrogen-bond acceptors (Lipinski definition) is 3. The standard InChI is InChI=1S/C13H22O.2C9H12O/c1-4-5-6-7-8-9-12(2)10-11-13(3)14;1-7(2)8-3-5-9(10)6-4-8;1-7(2)8-5-3-4-6-9(8)10/h10-11,14H,2-9H2,1H3;2*3-7,10H,1-2H3/b11-10-;;. The van der Waals surface area contributed by atoms with E-state index in [9.17, 15) is 5.11 Å². The van der Waals surface area contributed by atoms with Gasteiger partial charge in [-0.1, -0.05) is 115 Å². The summed E-state index contributed by atoms with van der Waals surface area (Å²) in [6, 6.07) is 14.8. The first kappa shape index (κ1) is 31.1. The van der Waals surface area contributed by atoms with E-state index < -0.39 is 0 Å². The summed E-state index contributed by atoms with van der Waals surface area (Å²) in [4.78, 5) is 0. The molecule has 0 unspecified atom stereocenters. The van der Waals surface area contributed by atoms with Gasteiger partial charge in [-0.05, 0) is 60.1 Å². The van der Waals surface area contributed by atoms with Gasteiger partial charge in [-0.2, -0.15) is 0 Å². The van der Waals surface area contributed by atoms with E-state index in [1.54, 1.807) is 24.3 Å². The summed E-state index contributed by atoms with van der Waals surface area (Å²) in [6.45, 7) is 17.9. The van der Waals surface area contributed by atoms with E-state index in [0.717, 1.165) is 17.6 Å². The second kappa shape index (κ2) is 18.5. The van der Waals surface area contributed by atoms with E-state index in [1.807, 2.05) is 36.4 Å². The van der Waals surface area contributed by atoms with Crippen LogP contribution in [0.2, 0.25) is 0 Å². The average molecular weight is 467 g/mol. The number of aliphatic hydroxyl groups excluding tert-OH is 1. The second-order valence-electron chi connectivity index (χ2n) is 9.11. The van der Waals surface area contributed by atoms with Crippen molar-refractivity contribution in [1.29, 1.82) is 0 Å². The molecule has 3 heteroatoms. The lowest BCUT2D eigenvalue weighted by Crippen LogP contribution is -1.85. The van der Waals surface area contributed by atoms with Crippen LogP contribution in [0.3, 0.4) is 0 Å². The zero-order valence-corrected chi connectivity index (χ0v) is 21.9. The van der Waals surface area contributed by atoms with Crippen LogP contribution in [0.25, 0.3) is 0 Å². The number of hydrogen-bond donors (Lipinski definition) is 3. The molecule has 0 aliphatic rings. The molecule has 0 atom stereocenters. The molecular formula is C31H46O3. The zero-order valence-electron chi connectivity index (χ0n) is 21.9. The van der Waals surface area contributed by atoms with Crippen LogP contribution in [0, 0.1) is 0 Å². The van der Waals surface area contributed by atoms with Gasteiger partial charge in [0.15, 0.2) is 0 Å². The van der Waals surface area contributed by atoms with Crippen LogP contribution in [0.15, 0.2) is 85.2 Å². The lowest BCUT2D eigenvalue weighted by molar-refractivity contribution is 0.435. The molecule has 0 saturated heterocycles. The highest BCUT2D eigenvalue weighted by Gasteiger charge is 2.02. The Labute approximate surface area is 208 Å². The molecule has 2 aromatic rings. The maximum Gasteiger partial charge on any atom is 0.119 e. The third-order valence-corrected chi connectivity index (χ3v) is 5.23. The van der Waals surface area contributed by atoms with Crippen molar-refractivity contribution in [3.8, 4) is 11.5 Å². The van der Waals surface area contributed by atoms with Gasteiger partial charge in [-0.25, -0.2) is 0 Å². The van der Waals surface area contributed by atoms with Crippen molar-refractivity contribution in [3.05, 3.63) is 96.3 Å². The third kappa shape index (κ3) is 15.8. The van der Waals surface area contributed by atoms with Crippen molar-refractivity contribution >= 4 is 0 Å². The highest BCUT2D eigenvalue weighted by atomic mass is 16.3. The summed E-state index contributed by atoms with van der Waals surface area (Å²) in [5.41, 5.74) is 3.34. The smallest absolute Gasteiger partial charge is 0.119 e.